The highest BCUT2D eigenvalue weighted by molar-refractivity contribution is 7.99. The maximum absolute atomic E-state index is 12.4. The van der Waals surface area contributed by atoms with E-state index in [0.717, 1.165) is 16.7 Å². The lowest BCUT2D eigenvalue weighted by Gasteiger charge is -2.14. The molecular formula is C20H19Cl2N3O2S. The second-order valence-electron chi connectivity index (χ2n) is 6.36. The highest BCUT2D eigenvalue weighted by atomic mass is 35.5. The summed E-state index contributed by atoms with van der Waals surface area (Å²) in [5.74, 6) is 1.85. The smallest absolute Gasteiger partial charge is 0.246 e. The Labute approximate surface area is 178 Å². The minimum atomic E-state index is -0.0230. The number of rotatable bonds is 7. The Morgan fingerprint density at radius 3 is 2.64 bits per heavy atom. The number of nitrogens with zero attached hydrogens (tertiary/aromatic N) is 3. The number of aryl methyl sites for hydroxylation is 1. The van der Waals surface area contributed by atoms with Crippen LogP contribution in [0.25, 0.3) is 11.4 Å². The summed E-state index contributed by atoms with van der Waals surface area (Å²) in [7, 11) is 1.72. The highest BCUT2D eigenvalue weighted by Gasteiger charge is 2.15. The summed E-state index contributed by atoms with van der Waals surface area (Å²) in [5, 5.41) is 5.20. The van der Waals surface area contributed by atoms with Crippen LogP contribution >= 0.6 is 35.0 Å². The zero-order valence-electron chi connectivity index (χ0n) is 15.5. The van der Waals surface area contributed by atoms with Gasteiger partial charge >= 0.3 is 0 Å². The van der Waals surface area contributed by atoms with E-state index in [4.69, 9.17) is 27.7 Å². The minimum Gasteiger partial charge on any atom is -0.337 e. The number of hydrogen-bond acceptors (Lipinski definition) is 5. The van der Waals surface area contributed by atoms with Crippen molar-refractivity contribution in [2.75, 3.05) is 12.8 Å². The van der Waals surface area contributed by atoms with Gasteiger partial charge in [0.25, 0.3) is 0 Å². The van der Waals surface area contributed by atoms with Crippen molar-refractivity contribution in [3.8, 4) is 11.4 Å². The molecule has 0 unspecified atom stereocenters. The Morgan fingerprint density at radius 1 is 1.18 bits per heavy atom. The molecule has 28 heavy (non-hydrogen) atoms. The summed E-state index contributed by atoms with van der Waals surface area (Å²) in [6, 6.07) is 13.2. The minimum absolute atomic E-state index is 0.0230. The lowest BCUT2D eigenvalue weighted by Crippen LogP contribution is -2.28. The van der Waals surface area contributed by atoms with Gasteiger partial charge in [-0.2, -0.15) is 4.98 Å². The van der Waals surface area contributed by atoms with Crippen LogP contribution in [0.3, 0.4) is 0 Å². The average molecular weight is 436 g/mol. The highest BCUT2D eigenvalue weighted by Crippen LogP contribution is 2.25. The van der Waals surface area contributed by atoms with Gasteiger partial charge in [0.2, 0.25) is 17.6 Å². The van der Waals surface area contributed by atoms with Crippen molar-refractivity contribution in [1.82, 2.24) is 15.0 Å². The maximum atomic E-state index is 12.4. The zero-order chi connectivity index (χ0) is 20.1. The van der Waals surface area contributed by atoms with Crippen molar-refractivity contribution < 1.29 is 9.32 Å². The number of carbonyl (C=O) groups excluding carboxylic acids is 1. The molecule has 0 atom stereocenters. The largest absolute Gasteiger partial charge is 0.337 e. The number of thioether (sulfide) groups is 1. The number of aromatic nitrogens is 2. The predicted octanol–water partition coefficient (Wildman–Crippen LogP) is 5.24. The topological polar surface area (TPSA) is 59.2 Å². The van der Waals surface area contributed by atoms with Crippen molar-refractivity contribution in [2.24, 2.45) is 0 Å². The van der Waals surface area contributed by atoms with Crippen molar-refractivity contribution in [1.29, 1.82) is 0 Å². The molecule has 5 nitrogen and oxygen atoms in total. The number of benzene rings is 2. The normalized spacial score (nSPS) is 10.9. The molecule has 1 heterocycles. The fraction of sp³-hybridized carbons (Fsp3) is 0.250. The van der Waals surface area contributed by atoms with E-state index in [1.54, 1.807) is 24.1 Å². The second kappa shape index (κ2) is 9.45. The summed E-state index contributed by atoms with van der Waals surface area (Å²) in [6.07, 6.45) is 0. The van der Waals surface area contributed by atoms with Crippen LogP contribution in [0.2, 0.25) is 10.0 Å². The van der Waals surface area contributed by atoms with Gasteiger partial charge in [-0.1, -0.05) is 64.3 Å². The van der Waals surface area contributed by atoms with Gasteiger partial charge in [-0.25, -0.2) is 0 Å². The van der Waals surface area contributed by atoms with Crippen LogP contribution in [0.5, 0.6) is 0 Å². The van der Waals surface area contributed by atoms with E-state index >= 15 is 0 Å². The first-order valence-electron chi connectivity index (χ1n) is 8.57. The van der Waals surface area contributed by atoms with Gasteiger partial charge in [0.05, 0.1) is 12.3 Å². The quantitative estimate of drug-likeness (QED) is 0.507. The van der Waals surface area contributed by atoms with Crippen LogP contribution in [0.4, 0.5) is 0 Å². The van der Waals surface area contributed by atoms with Gasteiger partial charge in [-0.3, -0.25) is 4.79 Å². The number of hydrogen-bond donors (Lipinski definition) is 0. The SMILES string of the molecule is Cc1ccc(-c2noc(CN(C)C(=O)CSCc3ccc(Cl)cc3Cl)n2)cc1. The van der Waals surface area contributed by atoms with E-state index in [9.17, 15) is 4.79 Å². The summed E-state index contributed by atoms with van der Waals surface area (Å²) in [6.45, 7) is 2.28. The maximum Gasteiger partial charge on any atom is 0.246 e. The molecule has 1 amide bonds. The van der Waals surface area contributed by atoms with Gasteiger partial charge < -0.3 is 9.42 Å². The lowest BCUT2D eigenvalue weighted by molar-refractivity contribution is -0.127. The first kappa shape index (κ1) is 20.7. The standard InChI is InChI=1S/C20H19Cl2N3O2S/c1-13-3-5-14(6-4-13)20-23-18(27-24-20)10-25(2)19(26)12-28-11-15-7-8-16(21)9-17(15)22/h3-9H,10-12H2,1-2H3. The fourth-order valence-corrected chi connectivity index (χ4v) is 3.95. The van der Waals surface area contributed by atoms with Crippen LogP contribution in [0.1, 0.15) is 17.0 Å². The zero-order valence-corrected chi connectivity index (χ0v) is 17.8. The lowest BCUT2D eigenvalue weighted by atomic mass is 10.1. The third kappa shape index (κ3) is 5.50. The predicted molar refractivity (Wildman–Crippen MR) is 114 cm³/mol. The Balaban J connectivity index is 1.51. The van der Waals surface area contributed by atoms with Crippen molar-refractivity contribution in [3.05, 3.63) is 69.5 Å². The molecule has 1 aromatic heterocycles. The van der Waals surface area contributed by atoms with E-state index in [1.165, 1.54) is 11.8 Å². The second-order valence-corrected chi connectivity index (χ2v) is 8.19. The van der Waals surface area contributed by atoms with E-state index < -0.39 is 0 Å². The molecule has 3 rings (SSSR count). The molecular weight excluding hydrogens is 417 g/mol. The summed E-state index contributed by atoms with van der Waals surface area (Å²) < 4.78 is 5.28. The van der Waals surface area contributed by atoms with E-state index in [-0.39, 0.29) is 12.5 Å². The molecule has 0 saturated heterocycles. The van der Waals surface area contributed by atoms with E-state index in [0.29, 0.717) is 33.3 Å². The summed E-state index contributed by atoms with van der Waals surface area (Å²) in [4.78, 5) is 18.3. The molecule has 0 aliphatic heterocycles. The first-order valence-corrected chi connectivity index (χ1v) is 10.5. The Bertz CT molecular complexity index is 960. The van der Waals surface area contributed by atoms with Crippen molar-refractivity contribution in [2.45, 2.75) is 19.2 Å². The van der Waals surface area contributed by atoms with Gasteiger partial charge in [-0.05, 0) is 24.6 Å². The molecule has 0 aliphatic carbocycles. The van der Waals surface area contributed by atoms with Gasteiger partial charge in [0.1, 0.15) is 0 Å². The van der Waals surface area contributed by atoms with Crippen molar-refractivity contribution in [3.63, 3.8) is 0 Å². The third-order valence-electron chi connectivity index (χ3n) is 4.07. The van der Waals surface area contributed by atoms with Gasteiger partial charge in [0, 0.05) is 28.4 Å². The molecule has 2 aromatic carbocycles. The van der Waals surface area contributed by atoms with E-state index in [1.807, 2.05) is 37.3 Å². The van der Waals surface area contributed by atoms with Gasteiger partial charge in [-0.15, -0.1) is 11.8 Å². The molecule has 0 N–H and O–H groups in total. The van der Waals surface area contributed by atoms with Crippen LogP contribution < -0.4 is 0 Å². The van der Waals surface area contributed by atoms with Crippen LogP contribution in [0, 0.1) is 6.92 Å². The summed E-state index contributed by atoms with van der Waals surface area (Å²) >= 11 is 13.5. The van der Waals surface area contributed by atoms with Crippen LogP contribution in [-0.2, 0) is 17.1 Å². The van der Waals surface area contributed by atoms with Crippen molar-refractivity contribution >= 4 is 40.9 Å². The van der Waals surface area contributed by atoms with E-state index in [2.05, 4.69) is 10.1 Å². The molecule has 0 spiro atoms. The van der Waals surface area contributed by atoms with Gasteiger partial charge in [0.15, 0.2) is 0 Å². The Hall–Kier alpha value is -2.02. The van der Waals surface area contributed by atoms with Crippen LogP contribution in [0.15, 0.2) is 47.0 Å². The molecule has 0 saturated carbocycles. The van der Waals surface area contributed by atoms with Crippen LogP contribution in [-0.4, -0.2) is 33.7 Å². The fourth-order valence-electron chi connectivity index (χ4n) is 2.43. The molecule has 8 heteroatoms. The molecule has 146 valence electrons. The molecule has 0 aliphatic rings. The molecule has 0 fully saturated rings. The number of amides is 1. The number of carbonyl (C=O) groups is 1. The molecule has 0 radical (unpaired) electrons. The Kier molecular flexibility index (Phi) is 6.99. The molecule has 0 bridgehead atoms. The Morgan fingerprint density at radius 2 is 1.93 bits per heavy atom. The molecule has 3 aromatic rings. The summed E-state index contributed by atoms with van der Waals surface area (Å²) in [5.41, 5.74) is 2.99. The number of halogens is 2. The third-order valence-corrected chi connectivity index (χ3v) is 5.63. The first-order chi connectivity index (χ1) is 13.4. The monoisotopic (exact) mass is 435 g/mol. The average Bonchev–Trinajstić information content (AvgIpc) is 3.12.